The van der Waals surface area contributed by atoms with Crippen molar-refractivity contribution in [3.63, 3.8) is 0 Å². The van der Waals surface area contributed by atoms with E-state index in [9.17, 15) is 19.5 Å². The fourth-order valence-electron chi connectivity index (χ4n) is 8.14. The van der Waals surface area contributed by atoms with E-state index in [0.29, 0.717) is 47.3 Å². The van der Waals surface area contributed by atoms with Crippen LogP contribution in [0.15, 0.2) is 24.3 Å². The molecule has 4 bridgehead atoms. The number of carbonyl (C=O) groups is 3. The van der Waals surface area contributed by atoms with E-state index in [4.69, 9.17) is 9.47 Å². The first kappa shape index (κ1) is 26.2. The molecule has 5 aliphatic rings. The normalized spacial score (nSPS) is 36.3. The molecule has 7 heteroatoms. The summed E-state index contributed by atoms with van der Waals surface area (Å²) in [6.07, 6.45) is 7.39. The maximum absolute atomic E-state index is 13.2. The fourth-order valence-corrected chi connectivity index (χ4v) is 8.14. The molecule has 7 atom stereocenters. The minimum atomic E-state index is -0.768. The molecule has 1 amide bonds. The lowest BCUT2D eigenvalue weighted by Crippen LogP contribution is -2.58. The van der Waals surface area contributed by atoms with Gasteiger partial charge in [0.25, 0.3) is 5.91 Å². The highest BCUT2D eigenvalue weighted by molar-refractivity contribution is 6.02. The molecule has 1 aromatic rings. The Morgan fingerprint density at radius 1 is 1.05 bits per heavy atom. The Hall–Kier alpha value is -2.41. The van der Waals surface area contributed by atoms with Gasteiger partial charge in [-0.1, -0.05) is 39.3 Å². The van der Waals surface area contributed by atoms with Gasteiger partial charge in [0.2, 0.25) is 0 Å². The van der Waals surface area contributed by atoms with Crippen LogP contribution in [0.5, 0.6) is 0 Å². The van der Waals surface area contributed by atoms with Gasteiger partial charge in [-0.25, -0.2) is 4.79 Å². The Morgan fingerprint density at radius 3 is 2.43 bits per heavy atom. The van der Waals surface area contributed by atoms with Crippen LogP contribution in [0.4, 0.5) is 5.69 Å². The zero-order valence-electron chi connectivity index (χ0n) is 22.3. The number of carbonyl (C=O) groups excluding carboxylic acids is 3. The lowest BCUT2D eigenvalue weighted by Gasteiger charge is -2.58. The van der Waals surface area contributed by atoms with Crippen LogP contribution in [0, 0.1) is 35.0 Å². The standard InChI is InChI=1S/C30H41NO6/c1-18(2)22-9-8-19(3)10-25(22)37-27(33)23-6-4-5-7-24(23)31-26(32)16-36-28(34)29-12-20-11-21(13-29)15-30(35,14-20)17-29/h4-7,18-22,25,35H,8-17H2,1-3H3,(H,31,32)/t19-,20-,21+,22+,25-,29?,30?/m0/s1. The van der Waals surface area contributed by atoms with Crippen molar-refractivity contribution in [1.82, 2.24) is 0 Å². The summed E-state index contributed by atoms with van der Waals surface area (Å²) < 4.78 is 11.5. The lowest BCUT2D eigenvalue weighted by atomic mass is 9.48. The Kier molecular flexibility index (Phi) is 7.12. The van der Waals surface area contributed by atoms with Crippen molar-refractivity contribution >= 4 is 23.5 Å². The number of hydrogen-bond acceptors (Lipinski definition) is 6. The summed E-state index contributed by atoms with van der Waals surface area (Å²) in [6, 6.07) is 6.80. The lowest BCUT2D eigenvalue weighted by molar-refractivity contribution is -0.196. The van der Waals surface area contributed by atoms with Crippen LogP contribution < -0.4 is 5.32 Å². The Labute approximate surface area is 219 Å². The monoisotopic (exact) mass is 511 g/mol. The van der Waals surface area contributed by atoms with E-state index < -0.39 is 29.5 Å². The summed E-state index contributed by atoms with van der Waals surface area (Å²) in [5.74, 6) is 0.637. The van der Waals surface area contributed by atoms with E-state index in [2.05, 4.69) is 26.1 Å². The molecule has 202 valence electrons. The second kappa shape index (κ2) is 10.0. The molecular weight excluding hydrogens is 470 g/mol. The number of hydrogen-bond donors (Lipinski definition) is 2. The van der Waals surface area contributed by atoms with Crippen molar-refractivity contribution in [2.45, 2.75) is 90.3 Å². The maximum Gasteiger partial charge on any atom is 0.340 e. The van der Waals surface area contributed by atoms with Crippen molar-refractivity contribution in [1.29, 1.82) is 0 Å². The number of rotatable bonds is 7. The first-order valence-electron chi connectivity index (χ1n) is 14.1. The molecule has 2 N–H and O–H groups in total. The highest BCUT2D eigenvalue weighted by Gasteiger charge is 2.61. The van der Waals surface area contributed by atoms with E-state index in [1.54, 1.807) is 24.3 Å². The number of anilines is 1. The predicted molar refractivity (Wildman–Crippen MR) is 139 cm³/mol. The summed E-state index contributed by atoms with van der Waals surface area (Å²) in [4.78, 5) is 39.0. The second-order valence-corrected chi connectivity index (χ2v) is 12.9. The number of benzene rings is 1. The van der Waals surface area contributed by atoms with Crippen LogP contribution in [-0.4, -0.2) is 41.3 Å². The Balaban J connectivity index is 1.20. The molecule has 0 aromatic heterocycles. The van der Waals surface area contributed by atoms with E-state index in [1.165, 1.54) is 0 Å². The zero-order chi connectivity index (χ0) is 26.4. The molecule has 0 aliphatic heterocycles. The van der Waals surface area contributed by atoms with Crippen LogP contribution >= 0.6 is 0 Å². The molecule has 5 fully saturated rings. The van der Waals surface area contributed by atoms with Gasteiger partial charge >= 0.3 is 11.9 Å². The summed E-state index contributed by atoms with van der Waals surface area (Å²) in [6.45, 7) is 6.10. The summed E-state index contributed by atoms with van der Waals surface area (Å²) >= 11 is 0. The summed E-state index contributed by atoms with van der Waals surface area (Å²) in [7, 11) is 0. The maximum atomic E-state index is 13.2. The zero-order valence-corrected chi connectivity index (χ0v) is 22.3. The van der Waals surface area contributed by atoms with Crippen LogP contribution in [0.2, 0.25) is 0 Å². The third-order valence-corrected chi connectivity index (χ3v) is 9.44. The van der Waals surface area contributed by atoms with Gasteiger partial charge in [-0.2, -0.15) is 0 Å². The van der Waals surface area contributed by atoms with Crippen molar-refractivity contribution in [2.24, 2.45) is 35.0 Å². The van der Waals surface area contributed by atoms with E-state index in [1.807, 2.05) is 0 Å². The van der Waals surface area contributed by atoms with Gasteiger partial charge in [0.15, 0.2) is 6.61 Å². The quantitative estimate of drug-likeness (QED) is 0.493. The van der Waals surface area contributed by atoms with Gasteiger partial charge in [0.05, 0.1) is 22.3 Å². The molecule has 6 rings (SSSR count). The topological polar surface area (TPSA) is 102 Å². The van der Waals surface area contributed by atoms with E-state index >= 15 is 0 Å². The highest BCUT2D eigenvalue weighted by atomic mass is 16.5. The molecular formula is C30H41NO6. The van der Waals surface area contributed by atoms with Crippen molar-refractivity contribution < 1.29 is 29.0 Å². The molecule has 0 spiro atoms. The highest BCUT2D eigenvalue weighted by Crippen LogP contribution is 2.62. The molecule has 0 radical (unpaired) electrons. The SMILES string of the molecule is CC(C)[C@H]1CC[C@H](C)C[C@@H]1OC(=O)c1ccccc1NC(=O)COC(=O)C12C[C@@H]3C[C@@H](CC(O)(C3)C1)C2. The third kappa shape index (κ3) is 5.43. The third-order valence-electron chi connectivity index (χ3n) is 9.44. The minimum absolute atomic E-state index is 0.143. The molecule has 2 unspecified atom stereocenters. The van der Waals surface area contributed by atoms with Crippen molar-refractivity contribution in [3.05, 3.63) is 29.8 Å². The Morgan fingerprint density at radius 2 is 1.76 bits per heavy atom. The molecule has 0 heterocycles. The molecule has 1 aromatic carbocycles. The van der Waals surface area contributed by atoms with Crippen LogP contribution in [-0.2, 0) is 19.1 Å². The minimum Gasteiger partial charge on any atom is -0.458 e. The fraction of sp³-hybridized carbons (Fsp3) is 0.700. The second-order valence-electron chi connectivity index (χ2n) is 12.9. The van der Waals surface area contributed by atoms with Crippen LogP contribution in [0.25, 0.3) is 0 Å². The van der Waals surface area contributed by atoms with Crippen LogP contribution in [0.1, 0.15) is 88.9 Å². The smallest absolute Gasteiger partial charge is 0.340 e. The first-order valence-corrected chi connectivity index (χ1v) is 14.1. The van der Waals surface area contributed by atoms with Crippen LogP contribution in [0.3, 0.4) is 0 Å². The van der Waals surface area contributed by atoms with Gasteiger partial charge < -0.3 is 19.9 Å². The first-order chi connectivity index (χ1) is 17.6. The predicted octanol–water partition coefficient (Wildman–Crippen LogP) is 5.12. The molecule has 5 saturated carbocycles. The molecule has 0 saturated heterocycles. The average Bonchev–Trinajstić information content (AvgIpc) is 2.81. The molecule has 7 nitrogen and oxygen atoms in total. The molecule has 37 heavy (non-hydrogen) atoms. The number of nitrogens with one attached hydrogen (secondary N) is 1. The van der Waals surface area contributed by atoms with Gasteiger partial charge in [-0.05, 0) is 93.1 Å². The van der Waals surface area contributed by atoms with Crippen molar-refractivity contribution in [2.75, 3.05) is 11.9 Å². The van der Waals surface area contributed by atoms with Gasteiger partial charge in [-0.15, -0.1) is 0 Å². The summed E-state index contributed by atoms with van der Waals surface area (Å²) in [5, 5.41) is 13.7. The number of aliphatic hydroxyl groups is 1. The number of amides is 1. The molecule has 5 aliphatic carbocycles. The number of para-hydroxylation sites is 1. The van der Waals surface area contributed by atoms with E-state index in [-0.39, 0.29) is 12.1 Å². The van der Waals surface area contributed by atoms with Crippen molar-refractivity contribution in [3.8, 4) is 0 Å². The van der Waals surface area contributed by atoms with Gasteiger partial charge in [0, 0.05) is 0 Å². The summed E-state index contributed by atoms with van der Waals surface area (Å²) in [5.41, 5.74) is -0.797. The average molecular weight is 512 g/mol. The van der Waals surface area contributed by atoms with E-state index in [0.717, 1.165) is 51.4 Å². The number of ether oxygens (including phenoxy) is 2. The van der Waals surface area contributed by atoms with Gasteiger partial charge in [-0.3, -0.25) is 9.59 Å². The largest absolute Gasteiger partial charge is 0.458 e. The number of esters is 2. The van der Waals surface area contributed by atoms with Gasteiger partial charge in [0.1, 0.15) is 6.10 Å². The Bertz CT molecular complexity index is 1040.